The lowest BCUT2D eigenvalue weighted by atomic mass is 9.81. The van der Waals surface area contributed by atoms with Crippen molar-refractivity contribution in [2.75, 3.05) is 52.5 Å². The molecule has 0 bridgehead atoms. The minimum Gasteiger partial charge on any atom is -0.384 e. The van der Waals surface area contributed by atoms with Crippen LogP contribution in [-0.2, 0) is 48.0 Å². The summed E-state index contributed by atoms with van der Waals surface area (Å²) in [5.41, 5.74) is 22.9. The van der Waals surface area contributed by atoms with Gasteiger partial charge in [0.25, 0.3) is 17.7 Å². The molecule has 12 amide bonds. The van der Waals surface area contributed by atoms with Crippen LogP contribution in [0.15, 0.2) is 189 Å². The van der Waals surface area contributed by atoms with E-state index in [1.165, 1.54) is 21.1 Å². The number of urea groups is 3. The summed E-state index contributed by atoms with van der Waals surface area (Å²) in [5.74, 6) is -2.67. The van der Waals surface area contributed by atoms with E-state index in [9.17, 15) is 43.2 Å². The first-order valence-corrected chi connectivity index (χ1v) is 36.0. The molecule has 12 rings (SSSR count). The number of hydrogen-bond acceptors (Lipinski definition) is 18. The van der Waals surface area contributed by atoms with E-state index in [-0.39, 0.29) is 72.9 Å². The Labute approximate surface area is 616 Å². The number of likely N-dealkylation sites (N-methyl/N-ethyl adjacent to an activating group) is 3. The number of pyridine rings is 4. The van der Waals surface area contributed by atoms with Gasteiger partial charge in [-0.1, -0.05) is 119 Å². The molecule has 1 saturated carbocycles. The Morgan fingerprint density at radius 1 is 0.443 bits per heavy atom. The molecule has 5 aromatic heterocycles. The van der Waals surface area contributed by atoms with E-state index in [0.717, 1.165) is 74.6 Å². The van der Waals surface area contributed by atoms with Crippen molar-refractivity contribution in [3.63, 3.8) is 0 Å². The molecule has 9 atom stereocenters. The molecule has 552 valence electrons. The molecule has 1 aliphatic carbocycles. The highest BCUT2D eigenvalue weighted by molar-refractivity contribution is 6.14. The van der Waals surface area contributed by atoms with Crippen LogP contribution in [-0.4, -0.2) is 143 Å². The largest absolute Gasteiger partial charge is 0.384 e. The fourth-order valence-corrected chi connectivity index (χ4v) is 14.2. The summed E-state index contributed by atoms with van der Waals surface area (Å²) < 4.78 is 0. The summed E-state index contributed by atoms with van der Waals surface area (Å²) >= 11 is 0. The number of β-lactam (4-membered cyclic amide) rings is 3. The number of amides is 12. The summed E-state index contributed by atoms with van der Waals surface area (Å²) in [4.78, 5) is 153. The maximum atomic E-state index is 13.8. The molecule has 0 radical (unpaired) electrons. The molecule has 4 aliphatic rings. The van der Waals surface area contributed by atoms with E-state index < -0.39 is 59.9 Å². The zero-order chi connectivity index (χ0) is 75.6. The number of aromatic nitrogens is 6. The van der Waals surface area contributed by atoms with Crippen molar-refractivity contribution in [2.45, 2.75) is 135 Å². The third-order valence-corrected chi connectivity index (χ3v) is 20.0. The lowest BCUT2D eigenvalue weighted by Gasteiger charge is -2.46. The van der Waals surface area contributed by atoms with Gasteiger partial charge in [0, 0.05) is 81.4 Å². The van der Waals surface area contributed by atoms with Crippen LogP contribution in [0.1, 0.15) is 119 Å². The average Bonchev–Trinajstić information content (AvgIpc) is 0.753. The third-order valence-electron chi connectivity index (χ3n) is 20.0. The van der Waals surface area contributed by atoms with Crippen LogP contribution in [0, 0.1) is 23.7 Å². The highest BCUT2D eigenvalue weighted by Gasteiger charge is 2.58. The van der Waals surface area contributed by atoms with Crippen molar-refractivity contribution in [3.05, 3.63) is 217 Å². The van der Waals surface area contributed by atoms with E-state index in [4.69, 9.17) is 17.2 Å². The molecule has 9 N–H and O–H groups in total. The zero-order valence-corrected chi connectivity index (χ0v) is 60.4. The summed E-state index contributed by atoms with van der Waals surface area (Å²) in [6, 6.07) is 38.5. The van der Waals surface area contributed by atoms with Crippen molar-refractivity contribution in [1.29, 1.82) is 0 Å². The number of imide groups is 3. The SMILES string of the molecule is CC[C@@H](NC(=O)N1C(=O)[C@H](Cc2ccnc(N)c2)[C@H]1C(=O)N(C)c1ccccc1)c1ccccc1.CC[C@@H](NC(=O)N1C(=O)[C@H](Cc2ccnc(N)c2)[C@H]1C(=O)N(C)c1ccncc1)c1ccccc1.CC[C@@H](NC(=O)N1C(=O)[C@H](Cc2ccnc(N)c2)[C@H]1C(=O)N(CC)c1ncccn1)C1CCCCC1. The Bertz CT molecular complexity index is 4160. The molecule has 3 aliphatic heterocycles. The molecule has 4 fully saturated rings. The number of hydrogen-bond donors (Lipinski definition) is 6. The number of likely N-dealkylation sites (tertiary alicyclic amines) is 3. The highest BCUT2D eigenvalue weighted by atomic mass is 16.2. The van der Waals surface area contributed by atoms with Crippen LogP contribution < -0.4 is 47.9 Å². The normalized spacial score (nSPS) is 18.9. The number of nitrogens with two attached hydrogens (primary N) is 3. The Morgan fingerprint density at radius 2 is 0.821 bits per heavy atom. The monoisotopic (exact) mass is 1440 g/mol. The van der Waals surface area contributed by atoms with Gasteiger partial charge in [0.1, 0.15) is 35.6 Å². The topological polar surface area (TPSA) is 365 Å². The molecular formula is C79H92N18O9. The quantitative estimate of drug-likeness (QED) is 0.0344. The number of nitrogen functional groups attached to an aromatic ring is 3. The highest BCUT2D eigenvalue weighted by Crippen LogP contribution is 2.38. The fourth-order valence-electron chi connectivity index (χ4n) is 14.2. The second-order valence-corrected chi connectivity index (χ2v) is 26.6. The van der Waals surface area contributed by atoms with Crippen LogP contribution in [0.5, 0.6) is 0 Å². The predicted molar refractivity (Wildman–Crippen MR) is 402 cm³/mol. The molecule has 3 saturated heterocycles. The van der Waals surface area contributed by atoms with Crippen molar-refractivity contribution < 1.29 is 43.2 Å². The van der Waals surface area contributed by atoms with Gasteiger partial charge in [-0.05, 0) is 159 Å². The third kappa shape index (κ3) is 17.9. The van der Waals surface area contributed by atoms with E-state index in [0.29, 0.717) is 54.1 Å². The van der Waals surface area contributed by atoms with Gasteiger partial charge in [0.2, 0.25) is 23.7 Å². The number of carbonyl (C=O) groups is 9. The summed E-state index contributed by atoms with van der Waals surface area (Å²) in [7, 11) is 3.27. The van der Waals surface area contributed by atoms with Crippen molar-refractivity contribution in [1.82, 2.24) is 60.6 Å². The van der Waals surface area contributed by atoms with Crippen LogP contribution in [0.4, 0.5) is 49.2 Å². The molecule has 27 nitrogen and oxygen atoms in total. The standard InChI is InChI=1S/C27H29N5O3.C26H35N7O3.C26H28N6O3/c1-3-22(19-10-6-4-7-11-19)30-27(35)32-24(26(34)31(2)20-12-8-5-9-13-20)21(25(32)33)16-18-14-15-29-23(28)17-18;1-3-20(18-9-6-5-7-10-18)31-26(36)33-22(24(35)32(4-2)25-29-12-8-13-30-25)19(23(33)34)15-17-11-14-28-21(27)16-17;1-3-21(18-7-5-4-6-8-18)30-26(35)32-23(25(34)31(2)19-10-12-28-13-11-19)20(24(32)33)15-17-9-14-29-22(27)16-17/h4-15,17,21-22,24H,3,16H2,1-2H3,(H2,28,29)(H,30,35);8,11-14,16,18-20,22H,3-7,9-10,15H2,1-2H3,(H2,27,28)(H,31,36);4-14,16,20-21,23H,3,15H2,1-2H3,(H2,27,29)(H,30,35)/t21-,22-,24+;19-,20-,22+;20-,21-,23+/m111/s1. The molecule has 3 aromatic carbocycles. The Hall–Kier alpha value is -12.0. The number of benzene rings is 3. The number of anilines is 6. The van der Waals surface area contributed by atoms with Gasteiger partial charge in [0.15, 0.2) is 0 Å². The minimum absolute atomic E-state index is 0.0277. The van der Waals surface area contributed by atoms with Gasteiger partial charge in [-0.15, -0.1) is 0 Å². The second kappa shape index (κ2) is 35.9. The van der Waals surface area contributed by atoms with Gasteiger partial charge in [-0.3, -0.25) is 53.4 Å². The van der Waals surface area contributed by atoms with Crippen molar-refractivity contribution in [2.24, 2.45) is 23.7 Å². The Balaban J connectivity index is 0.000000170. The van der Waals surface area contributed by atoms with Crippen molar-refractivity contribution in [3.8, 4) is 0 Å². The van der Waals surface area contributed by atoms with E-state index in [2.05, 4.69) is 45.9 Å². The molecule has 8 aromatic rings. The van der Waals surface area contributed by atoms with Crippen LogP contribution in [0.2, 0.25) is 0 Å². The van der Waals surface area contributed by atoms with Gasteiger partial charge in [-0.2, -0.15) is 0 Å². The van der Waals surface area contributed by atoms with Crippen molar-refractivity contribution >= 4 is 88.3 Å². The Morgan fingerprint density at radius 3 is 1.20 bits per heavy atom. The smallest absolute Gasteiger partial charge is 0.325 e. The van der Waals surface area contributed by atoms with Gasteiger partial charge >= 0.3 is 18.1 Å². The first kappa shape index (κ1) is 76.6. The molecule has 0 unspecified atom stereocenters. The molecule has 106 heavy (non-hydrogen) atoms. The number of nitrogens with zero attached hydrogens (tertiary/aromatic N) is 12. The first-order chi connectivity index (χ1) is 51.2. The Kier molecular flexibility index (Phi) is 26.0. The van der Waals surface area contributed by atoms with Gasteiger partial charge < -0.3 is 43.0 Å². The number of nitrogens with one attached hydrogen (secondary N) is 3. The molecular weight excluding hydrogens is 1340 g/mol. The fraction of sp³-hybridized carbons (Fsp3) is 0.354. The maximum absolute atomic E-state index is 13.8. The number of carbonyl (C=O) groups excluding carboxylic acids is 9. The molecule has 0 spiro atoms. The molecule has 27 heteroatoms. The average molecular weight is 1440 g/mol. The zero-order valence-electron chi connectivity index (χ0n) is 60.4. The van der Waals surface area contributed by atoms with E-state index in [1.54, 1.807) is 112 Å². The first-order valence-electron chi connectivity index (χ1n) is 36.0. The maximum Gasteiger partial charge on any atom is 0.325 e. The summed E-state index contributed by atoms with van der Waals surface area (Å²) in [6.07, 6.45) is 19.5. The van der Waals surface area contributed by atoms with Crippen LogP contribution in [0.3, 0.4) is 0 Å². The van der Waals surface area contributed by atoms with Crippen LogP contribution >= 0.6 is 0 Å². The molecule has 8 heterocycles. The van der Waals surface area contributed by atoms with E-state index in [1.807, 2.05) is 119 Å². The summed E-state index contributed by atoms with van der Waals surface area (Å²) in [5, 5.41) is 8.94. The van der Waals surface area contributed by atoms with Crippen LogP contribution in [0.25, 0.3) is 0 Å². The number of rotatable bonds is 22. The number of para-hydroxylation sites is 1. The minimum atomic E-state index is -0.959. The van der Waals surface area contributed by atoms with Gasteiger partial charge in [0.05, 0.1) is 29.8 Å². The van der Waals surface area contributed by atoms with E-state index >= 15 is 0 Å². The lowest BCUT2D eigenvalue weighted by Crippen LogP contribution is -2.71. The lowest BCUT2D eigenvalue weighted by molar-refractivity contribution is -0.156. The second-order valence-electron chi connectivity index (χ2n) is 26.6. The van der Waals surface area contributed by atoms with Gasteiger partial charge in [-0.25, -0.2) is 39.3 Å². The summed E-state index contributed by atoms with van der Waals surface area (Å²) in [6.45, 7) is 8.07. The predicted octanol–water partition coefficient (Wildman–Crippen LogP) is 9.45.